The average Bonchev–Trinajstić information content (AvgIpc) is 2.48. The summed E-state index contributed by atoms with van der Waals surface area (Å²) in [6.45, 7) is 2.56. The lowest BCUT2D eigenvalue weighted by Gasteiger charge is -2.12. The first-order chi connectivity index (χ1) is 9.59. The van der Waals surface area contributed by atoms with Crippen LogP contribution in [-0.4, -0.2) is 22.1 Å². The van der Waals surface area contributed by atoms with E-state index in [1.165, 1.54) is 6.07 Å². The molecule has 20 heavy (non-hydrogen) atoms. The molecule has 2 aromatic rings. The Balaban J connectivity index is 1.96. The van der Waals surface area contributed by atoms with Crippen LogP contribution in [0.5, 0.6) is 5.75 Å². The van der Waals surface area contributed by atoms with Crippen molar-refractivity contribution in [1.82, 2.24) is 9.88 Å². The molecule has 2 rings (SSSR count). The molecule has 0 saturated heterocycles. The third kappa shape index (κ3) is 3.06. The van der Waals surface area contributed by atoms with Crippen LogP contribution in [0.15, 0.2) is 47.4 Å². The van der Waals surface area contributed by atoms with Gasteiger partial charge in [-0.3, -0.25) is 9.59 Å². The Morgan fingerprint density at radius 2 is 1.95 bits per heavy atom. The highest BCUT2D eigenvalue weighted by atomic mass is 16.3. The summed E-state index contributed by atoms with van der Waals surface area (Å²) in [5.41, 5.74) is 0.700. The number of nitrogens with zero attached hydrogens (tertiary/aromatic N) is 1. The molecule has 5 nitrogen and oxygen atoms in total. The smallest absolute Gasteiger partial charge is 0.251 e. The first-order valence-electron chi connectivity index (χ1n) is 6.32. The number of pyridine rings is 1. The largest absolute Gasteiger partial charge is 0.503 e. The van der Waals surface area contributed by atoms with E-state index >= 15 is 0 Å². The molecule has 0 saturated carbocycles. The van der Waals surface area contributed by atoms with Gasteiger partial charge < -0.3 is 15.0 Å². The average molecular weight is 272 g/mol. The topological polar surface area (TPSA) is 71.3 Å². The predicted octanol–water partition coefficient (Wildman–Crippen LogP) is 1.29. The van der Waals surface area contributed by atoms with Crippen molar-refractivity contribution in [2.75, 3.05) is 6.54 Å². The second kappa shape index (κ2) is 6.06. The lowest BCUT2D eigenvalue weighted by molar-refractivity contribution is 0.0952. The molecule has 0 aliphatic rings. The van der Waals surface area contributed by atoms with Crippen molar-refractivity contribution in [3.63, 3.8) is 0 Å². The van der Waals surface area contributed by atoms with E-state index in [0.29, 0.717) is 24.3 Å². The fourth-order valence-corrected chi connectivity index (χ4v) is 1.89. The summed E-state index contributed by atoms with van der Waals surface area (Å²) in [6, 6.07) is 10.2. The SMILES string of the molecule is Cc1c(O)c(=O)ccn1CCNC(=O)c1ccccc1. The minimum Gasteiger partial charge on any atom is -0.503 e. The summed E-state index contributed by atoms with van der Waals surface area (Å²) in [6.07, 6.45) is 1.60. The molecule has 1 aromatic carbocycles. The summed E-state index contributed by atoms with van der Waals surface area (Å²) in [7, 11) is 0. The fraction of sp³-hybridized carbons (Fsp3) is 0.200. The van der Waals surface area contributed by atoms with Gasteiger partial charge in [-0.1, -0.05) is 18.2 Å². The Kier molecular flexibility index (Phi) is 4.20. The number of amides is 1. The molecular weight excluding hydrogens is 256 g/mol. The van der Waals surface area contributed by atoms with Gasteiger partial charge in [0.15, 0.2) is 5.75 Å². The van der Waals surface area contributed by atoms with Crippen LogP contribution in [0.2, 0.25) is 0 Å². The maximum Gasteiger partial charge on any atom is 0.251 e. The number of hydrogen-bond donors (Lipinski definition) is 2. The minimum absolute atomic E-state index is 0.145. The number of rotatable bonds is 4. The Morgan fingerprint density at radius 3 is 2.65 bits per heavy atom. The van der Waals surface area contributed by atoms with Crippen LogP contribution in [0.4, 0.5) is 0 Å². The van der Waals surface area contributed by atoms with Gasteiger partial charge in [-0.2, -0.15) is 0 Å². The van der Waals surface area contributed by atoms with Crippen molar-refractivity contribution in [2.45, 2.75) is 13.5 Å². The Bertz CT molecular complexity index is 663. The molecule has 2 N–H and O–H groups in total. The van der Waals surface area contributed by atoms with Crippen molar-refractivity contribution < 1.29 is 9.90 Å². The van der Waals surface area contributed by atoms with Gasteiger partial charge in [-0.25, -0.2) is 0 Å². The molecule has 1 amide bonds. The molecule has 0 atom stereocenters. The minimum atomic E-state index is -0.396. The highest BCUT2D eigenvalue weighted by molar-refractivity contribution is 5.94. The second-order valence-electron chi connectivity index (χ2n) is 4.43. The van der Waals surface area contributed by atoms with E-state index in [1.807, 2.05) is 6.07 Å². The first kappa shape index (κ1) is 13.9. The highest BCUT2D eigenvalue weighted by Gasteiger charge is 2.06. The van der Waals surface area contributed by atoms with Gasteiger partial charge >= 0.3 is 0 Å². The zero-order chi connectivity index (χ0) is 14.5. The van der Waals surface area contributed by atoms with E-state index in [2.05, 4.69) is 5.32 Å². The Morgan fingerprint density at radius 1 is 1.25 bits per heavy atom. The van der Waals surface area contributed by atoms with Crippen molar-refractivity contribution in [1.29, 1.82) is 0 Å². The van der Waals surface area contributed by atoms with Crippen LogP contribution in [0.3, 0.4) is 0 Å². The van der Waals surface area contributed by atoms with Crippen molar-refractivity contribution in [3.8, 4) is 5.75 Å². The second-order valence-corrected chi connectivity index (χ2v) is 4.43. The molecule has 1 heterocycles. The van der Waals surface area contributed by atoms with E-state index in [4.69, 9.17) is 0 Å². The maximum absolute atomic E-state index is 11.8. The highest BCUT2D eigenvalue weighted by Crippen LogP contribution is 2.08. The van der Waals surface area contributed by atoms with E-state index in [9.17, 15) is 14.7 Å². The summed E-state index contributed by atoms with van der Waals surface area (Å²) in [4.78, 5) is 23.0. The van der Waals surface area contributed by atoms with Gasteiger partial charge in [0.1, 0.15) is 0 Å². The van der Waals surface area contributed by atoms with Crippen LogP contribution in [-0.2, 0) is 6.54 Å². The molecule has 0 radical (unpaired) electrons. The molecule has 1 aromatic heterocycles. The van der Waals surface area contributed by atoms with Gasteiger partial charge in [0.2, 0.25) is 5.43 Å². The Hall–Kier alpha value is -2.56. The van der Waals surface area contributed by atoms with E-state index in [0.717, 1.165) is 0 Å². The lowest BCUT2D eigenvalue weighted by Crippen LogP contribution is -2.27. The number of nitrogens with one attached hydrogen (secondary N) is 1. The first-order valence-corrected chi connectivity index (χ1v) is 6.32. The Labute approximate surface area is 116 Å². The number of aromatic nitrogens is 1. The maximum atomic E-state index is 11.8. The van der Waals surface area contributed by atoms with Gasteiger partial charge in [-0.05, 0) is 19.1 Å². The third-order valence-electron chi connectivity index (χ3n) is 3.09. The molecule has 0 spiro atoms. The summed E-state index contributed by atoms with van der Waals surface area (Å²) in [5, 5.41) is 12.3. The molecule has 0 fully saturated rings. The fourth-order valence-electron chi connectivity index (χ4n) is 1.89. The van der Waals surface area contributed by atoms with E-state index < -0.39 is 5.43 Å². The molecular formula is C15H16N2O3. The van der Waals surface area contributed by atoms with Crippen molar-refractivity contribution in [2.24, 2.45) is 0 Å². The normalized spacial score (nSPS) is 10.2. The molecule has 104 valence electrons. The van der Waals surface area contributed by atoms with Crippen molar-refractivity contribution >= 4 is 5.91 Å². The zero-order valence-electron chi connectivity index (χ0n) is 11.2. The summed E-state index contributed by atoms with van der Waals surface area (Å²) in [5.74, 6) is -0.393. The quantitative estimate of drug-likeness (QED) is 0.881. The molecule has 0 unspecified atom stereocenters. The molecule has 5 heteroatoms. The van der Waals surface area contributed by atoms with Crippen LogP contribution in [0, 0.1) is 6.92 Å². The van der Waals surface area contributed by atoms with Gasteiger partial charge in [0, 0.05) is 30.9 Å². The van der Waals surface area contributed by atoms with Gasteiger partial charge in [0.25, 0.3) is 5.91 Å². The summed E-state index contributed by atoms with van der Waals surface area (Å²) >= 11 is 0. The third-order valence-corrected chi connectivity index (χ3v) is 3.09. The van der Waals surface area contributed by atoms with Crippen molar-refractivity contribution in [3.05, 3.63) is 64.1 Å². The van der Waals surface area contributed by atoms with Crippen LogP contribution in [0.25, 0.3) is 0 Å². The number of aromatic hydroxyl groups is 1. The number of carbonyl (C=O) groups excluding carboxylic acids is 1. The van der Waals surface area contributed by atoms with Crippen LogP contribution in [0.1, 0.15) is 16.1 Å². The van der Waals surface area contributed by atoms with Gasteiger partial charge in [-0.15, -0.1) is 0 Å². The number of benzene rings is 1. The molecule has 0 bridgehead atoms. The summed E-state index contributed by atoms with van der Waals surface area (Å²) < 4.78 is 1.72. The zero-order valence-corrected chi connectivity index (χ0v) is 11.2. The van der Waals surface area contributed by atoms with E-state index in [-0.39, 0.29) is 11.7 Å². The number of hydrogen-bond acceptors (Lipinski definition) is 3. The molecule has 0 aliphatic carbocycles. The standard InChI is InChI=1S/C15H16N2O3/c1-11-14(19)13(18)7-9-17(11)10-8-16-15(20)12-5-3-2-4-6-12/h2-7,9,19H,8,10H2,1H3,(H,16,20). The van der Waals surface area contributed by atoms with E-state index in [1.54, 1.807) is 42.0 Å². The monoisotopic (exact) mass is 272 g/mol. The van der Waals surface area contributed by atoms with Crippen LogP contribution < -0.4 is 10.7 Å². The lowest BCUT2D eigenvalue weighted by atomic mass is 10.2. The van der Waals surface area contributed by atoms with Gasteiger partial charge in [0.05, 0.1) is 5.69 Å². The number of carbonyl (C=O) groups is 1. The van der Waals surface area contributed by atoms with Crippen LogP contribution >= 0.6 is 0 Å². The molecule has 0 aliphatic heterocycles. The predicted molar refractivity (Wildman–Crippen MR) is 75.9 cm³/mol.